The first-order chi connectivity index (χ1) is 14.7. The second kappa shape index (κ2) is 9.62. The number of methoxy groups -OCH3 is 1. The van der Waals surface area contributed by atoms with Crippen molar-refractivity contribution in [2.45, 2.75) is 19.3 Å². The number of benzene rings is 2. The van der Waals surface area contributed by atoms with Gasteiger partial charge >= 0.3 is 11.9 Å². The van der Waals surface area contributed by atoms with Crippen LogP contribution in [0.2, 0.25) is 10.0 Å². The van der Waals surface area contributed by atoms with E-state index in [0.717, 1.165) is 13.2 Å². The molecule has 6 nitrogen and oxygen atoms in total. The van der Waals surface area contributed by atoms with E-state index in [2.05, 4.69) is 10.1 Å². The first-order valence-electron chi connectivity index (χ1n) is 9.32. The Morgan fingerprint density at radius 3 is 2.48 bits per heavy atom. The number of piperidine rings is 1. The zero-order valence-corrected chi connectivity index (χ0v) is 17.9. The van der Waals surface area contributed by atoms with E-state index in [1.54, 1.807) is 0 Å². The molecular weight excluding hydrogens is 453 g/mol. The quantitative estimate of drug-likeness (QED) is 0.531. The predicted octanol–water partition coefficient (Wildman–Crippen LogP) is 4.37. The van der Waals surface area contributed by atoms with Gasteiger partial charge in [-0.1, -0.05) is 29.3 Å². The van der Waals surface area contributed by atoms with E-state index < -0.39 is 23.5 Å². The Morgan fingerprint density at radius 1 is 1.19 bits per heavy atom. The lowest BCUT2D eigenvalue weighted by Crippen LogP contribution is -2.41. The second-order valence-corrected chi connectivity index (χ2v) is 7.90. The third-order valence-electron chi connectivity index (χ3n) is 4.95. The van der Waals surface area contributed by atoms with Crippen LogP contribution in [0.5, 0.6) is 0 Å². The maximum absolute atomic E-state index is 14.0. The number of nitrogens with one attached hydrogen (secondary N) is 1. The SMILES string of the molecule is COC(=O)C(=O)Nc1cc(Cl)c(N2CC(Cc3ccc(F)cc3F)CCC2=O)c(Cl)c1. The number of anilines is 2. The Kier molecular flexibility index (Phi) is 7.12. The van der Waals surface area contributed by atoms with E-state index in [4.69, 9.17) is 23.2 Å². The molecule has 3 rings (SSSR count). The van der Waals surface area contributed by atoms with Gasteiger partial charge in [0.05, 0.1) is 22.8 Å². The van der Waals surface area contributed by atoms with E-state index in [0.29, 0.717) is 18.4 Å². The Hall–Kier alpha value is -2.71. The highest BCUT2D eigenvalue weighted by atomic mass is 35.5. The van der Waals surface area contributed by atoms with Gasteiger partial charge in [0.15, 0.2) is 0 Å². The summed E-state index contributed by atoms with van der Waals surface area (Å²) in [6.07, 6.45) is 1.06. The van der Waals surface area contributed by atoms with Crippen LogP contribution in [0.25, 0.3) is 0 Å². The predicted molar refractivity (Wildman–Crippen MR) is 112 cm³/mol. The van der Waals surface area contributed by atoms with Crippen LogP contribution in [-0.4, -0.2) is 31.4 Å². The molecule has 1 aliphatic rings. The van der Waals surface area contributed by atoms with Crippen molar-refractivity contribution in [1.29, 1.82) is 0 Å². The van der Waals surface area contributed by atoms with Crippen LogP contribution in [0.4, 0.5) is 20.2 Å². The summed E-state index contributed by atoms with van der Waals surface area (Å²) < 4.78 is 31.5. The molecule has 2 aromatic carbocycles. The van der Waals surface area contributed by atoms with Gasteiger partial charge in [-0.2, -0.15) is 0 Å². The number of hydrogen-bond donors (Lipinski definition) is 1. The Labute approximate surface area is 187 Å². The molecule has 1 heterocycles. The van der Waals surface area contributed by atoms with Crippen molar-refractivity contribution in [3.63, 3.8) is 0 Å². The molecule has 2 aromatic rings. The van der Waals surface area contributed by atoms with Gasteiger partial charge in [0.2, 0.25) is 5.91 Å². The van der Waals surface area contributed by atoms with Gasteiger partial charge in [-0.15, -0.1) is 0 Å². The van der Waals surface area contributed by atoms with Crippen molar-refractivity contribution in [2.24, 2.45) is 5.92 Å². The average Bonchev–Trinajstić information content (AvgIpc) is 2.71. The van der Waals surface area contributed by atoms with Crippen LogP contribution in [0.15, 0.2) is 30.3 Å². The molecule has 164 valence electrons. The van der Waals surface area contributed by atoms with Gasteiger partial charge < -0.3 is 15.0 Å². The van der Waals surface area contributed by atoms with Crippen molar-refractivity contribution in [1.82, 2.24) is 0 Å². The van der Waals surface area contributed by atoms with Crippen molar-refractivity contribution < 1.29 is 27.9 Å². The lowest BCUT2D eigenvalue weighted by atomic mass is 9.90. The lowest BCUT2D eigenvalue weighted by Gasteiger charge is -2.34. The molecule has 1 fully saturated rings. The molecule has 2 amide bonds. The largest absolute Gasteiger partial charge is 0.462 e. The minimum atomic E-state index is -1.08. The Morgan fingerprint density at radius 2 is 1.87 bits per heavy atom. The molecule has 0 aliphatic carbocycles. The first-order valence-corrected chi connectivity index (χ1v) is 10.1. The molecule has 1 atom stereocenters. The number of carbonyl (C=O) groups excluding carboxylic acids is 3. The molecular formula is C21H18Cl2F2N2O4. The number of rotatable bonds is 4. The molecule has 1 aliphatic heterocycles. The first kappa shape index (κ1) is 23.0. The molecule has 0 spiro atoms. The normalized spacial score (nSPS) is 16.2. The number of carbonyl (C=O) groups is 3. The molecule has 1 saturated heterocycles. The van der Waals surface area contributed by atoms with Crippen LogP contribution in [-0.2, 0) is 25.5 Å². The molecule has 1 unspecified atom stereocenters. The minimum Gasteiger partial charge on any atom is -0.462 e. The Balaban J connectivity index is 1.80. The van der Waals surface area contributed by atoms with Gasteiger partial charge in [-0.25, -0.2) is 13.6 Å². The van der Waals surface area contributed by atoms with Crippen molar-refractivity contribution in [3.8, 4) is 0 Å². The van der Waals surface area contributed by atoms with Gasteiger partial charge in [0.25, 0.3) is 0 Å². The van der Waals surface area contributed by atoms with Crippen LogP contribution in [0.3, 0.4) is 0 Å². The summed E-state index contributed by atoms with van der Waals surface area (Å²) in [5.41, 5.74) is 0.774. The summed E-state index contributed by atoms with van der Waals surface area (Å²) in [7, 11) is 1.07. The maximum Gasteiger partial charge on any atom is 0.396 e. The van der Waals surface area contributed by atoms with Crippen LogP contribution >= 0.6 is 23.2 Å². The molecule has 31 heavy (non-hydrogen) atoms. The highest BCUT2D eigenvalue weighted by molar-refractivity contribution is 6.41. The highest BCUT2D eigenvalue weighted by Crippen LogP contribution is 2.39. The fourth-order valence-corrected chi connectivity index (χ4v) is 4.16. The summed E-state index contributed by atoms with van der Waals surface area (Å²) in [4.78, 5) is 36.9. The summed E-state index contributed by atoms with van der Waals surface area (Å²) in [6.45, 7) is 0.239. The monoisotopic (exact) mass is 470 g/mol. The summed E-state index contributed by atoms with van der Waals surface area (Å²) in [5, 5.41) is 2.49. The van der Waals surface area contributed by atoms with Gasteiger partial charge in [0, 0.05) is 24.7 Å². The maximum atomic E-state index is 14.0. The van der Waals surface area contributed by atoms with Crippen molar-refractivity contribution >= 4 is 52.4 Å². The molecule has 0 bridgehead atoms. The number of esters is 1. The topological polar surface area (TPSA) is 75.7 Å². The number of amides is 2. The lowest BCUT2D eigenvalue weighted by molar-refractivity contribution is -0.150. The molecule has 0 radical (unpaired) electrons. The molecule has 0 aromatic heterocycles. The zero-order valence-electron chi connectivity index (χ0n) is 16.4. The van der Waals surface area contributed by atoms with Gasteiger partial charge in [-0.3, -0.25) is 9.59 Å². The van der Waals surface area contributed by atoms with E-state index >= 15 is 0 Å². The van der Waals surface area contributed by atoms with Crippen molar-refractivity contribution in [2.75, 3.05) is 23.9 Å². The van der Waals surface area contributed by atoms with E-state index in [1.165, 1.54) is 29.2 Å². The smallest absolute Gasteiger partial charge is 0.396 e. The van der Waals surface area contributed by atoms with Gasteiger partial charge in [0.1, 0.15) is 11.6 Å². The molecule has 10 heteroatoms. The third-order valence-corrected chi connectivity index (χ3v) is 5.52. The number of nitrogens with zero attached hydrogens (tertiary/aromatic N) is 1. The van der Waals surface area contributed by atoms with E-state index in [9.17, 15) is 23.2 Å². The average molecular weight is 471 g/mol. The summed E-state index contributed by atoms with van der Waals surface area (Å²) in [6, 6.07) is 6.14. The standard InChI is InChI=1S/C21H18Cl2F2N2O4/c1-31-21(30)20(29)26-14-8-15(22)19(16(23)9-14)27-10-11(2-5-18(27)28)6-12-3-4-13(24)7-17(12)25/h3-4,7-9,11H,2,5-6,10H2,1H3,(H,26,29). The molecule has 1 N–H and O–H groups in total. The number of ether oxygens (including phenoxy) is 1. The second-order valence-electron chi connectivity index (χ2n) is 7.08. The fraction of sp³-hybridized carbons (Fsp3) is 0.286. The van der Waals surface area contributed by atoms with Crippen molar-refractivity contribution in [3.05, 3.63) is 57.6 Å². The summed E-state index contributed by atoms with van der Waals surface area (Å²) in [5.74, 6) is -3.67. The van der Waals surface area contributed by atoms with Gasteiger partial charge in [-0.05, 0) is 42.5 Å². The molecule has 0 saturated carbocycles. The number of hydrogen-bond acceptors (Lipinski definition) is 4. The fourth-order valence-electron chi connectivity index (χ4n) is 3.47. The van der Waals surface area contributed by atoms with Crippen LogP contribution in [0.1, 0.15) is 18.4 Å². The number of halogens is 4. The van der Waals surface area contributed by atoms with E-state index in [-0.39, 0.29) is 46.2 Å². The van der Waals surface area contributed by atoms with Crippen LogP contribution in [0, 0.1) is 17.6 Å². The third kappa shape index (κ3) is 5.32. The van der Waals surface area contributed by atoms with Crippen LogP contribution < -0.4 is 10.2 Å². The highest BCUT2D eigenvalue weighted by Gasteiger charge is 2.30. The van der Waals surface area contributed by atoms with E-state index in [1.807, 2.05) is 0 Å². The Bertz CT molecular complexity index is 1030. The minimum absolute atomic E-state index is 0.0922. The zero-order chi connectivity index (χ0) is 22.7. The summed E-state index contributed by atoms with van der Waals surface area (Å²) >= 11 is 12.7.